The number of anilines is 2. The van der Waals surface area contributed by atoms with Gasteiger partial charge < -0.3 is 10.6 Å². The zero-order valence-electron chi connectivity index (χ0n) is 16.5. The minimum absolute atomic E-state index is 0.0683. The number of nitrogens with one attached hydrogen (secondary N) is 2. The van der Waals surface area contributed by atoms with Gasteiger partial charge in [-0.2, -0.15) is 18.3 Å². The van der Waals surface area contributed by atoms with Gasteiger partial charge in [0.2, 0.25) is 0 Å². The monoisotopic (exact) mass is 414 g/mol. The van der Waals surface area contributed by atoms with E-state index in [1.165, 1.54) is 6.20 Å². The molecule has 0 fully saturated rings. The first kappa shape index (κ1) is 20.0. The van der Waals surface area contributed by atoms with Gasteiger partial charge in [-0.3, -0.25) is 4.79 Å². The minimum atomic E-state index is -4.49. The van der Waals surface area contributed by atoms with E-state index in [0.29, 0.717) is 5.69 Å². The summed E-state index contributed by atoms with van der Waals surface area (Å²) in [4.78, 5) is 12.8. The lowest BCUT2D eigenvalue weighted by molar-refractivity contribution is -0.173. The highest BCUT2D eigenvalue weighted by molar-refractivity contribution is 6.07. The smallest absolute Gasteiger partial charge is 0.363 e. The summed E-state index contributed by atoms with van der Waals surface area (Å²) in [6.07, 6.45) is -3.51. The van der Waals surface area contributed by atoms with Crippen molar-refractivity contribution in [3.8, 4) is 0 Å². The highest BCUT2D eigenvalue weighted by atomic mass is 19.4. The fourth-order valence-electron chi connectivity index (χ4n) is 3.58. The van der Waals surface area contributed by atoms with Crippen molar-refractivity contribution < 1.29 is 18.0 Å². The molecule has 1 amide bonds. The summed E-state index contributed by atoms with van der Waals surface area (Å²) in [5, 5.41) is 9.72. The Morgan fingerprint density at radius 2 is 1.67 bits per heavy atom. The summed E-state index contributed by atoms with van der Waals surface area (Å²) in [5.41, 5.74) is 3.41. The minimum Gasteiger partial charge on any atom is -0.363 e. The first-order valence-corrected chi connectivity index (χ1v) is 9.58. The molecule has 8 heteroatoms. The molecule has 0 spiro atoms. The van der Waals surface area contributed by atoms with E-state index in [2.05, 4.69) is 15.7 Å². The third-order valence-corrected chi connectivity index (χ3v) is 5.27. The molecular weight excluding hydrogens is 393 g/mol. The van der Waals surface area contributed by atoms with Crippen LogP contribution in [-0.2, 0) is 0 Å². The molecule has 4 rings (SSSR count). The number of fused-ring (bicyclic) bond motifs is 1. The summed E-state index contributed by atoms with van der Waals surface area (Å²) in [5.74, 6) is -0.447. The zero-order chi connectivity index (χ0) is 21.5. The molecule has 1 aliphatic heterocycles. The number of aromatic nitrogens is 2. The SMILES string of the molecule is Cc1ccc(NC(=O)c2cnn3c2N[C@@H](c2ccc(C)cc2)C[C@@H]3C(F)(F)F)cc1. The number of hydrogen-bond donors (Lipinski definition) is 2. The molecule has 0 radical (unpaired) electrons. The lowest BCUT2D eigenvalue weighted by Crippen LogP contribution is -2.36. The number of carbonyl (C=O) groups excluding carboxylic acids is 1. The van der Waals surface area contributed by atoms with Crippen molar-refractivity contribution in [1.82, 2.24) is 9.78 Å². The number of benzene rings is 2. The van der Waals surface area contributed by atoms with Crippen LogP contribution < -0.4 is 10.6 Å². The molecule has 3 aromatic rings. The molecule has 0 aliphatic carbocycles. The van der Waals surface area contributed by atoms with Crippen LogP contribution in [0.1, 0.15) is 45.6 Å². The van der Waals surface area contributed by atoms with Gasteiger partial charge in [0.1, 0.15) is 11.4 Å². The highest BCUT2D eigenvalue weighted by Crippen LogP contribution is 2.44. The van der Waals surface area contributed by atoms with E-state index in [1.54, 1.807) is 24.3 Å². The lowest BCUT2D eigenvalue weighted by atomic mass is 9.96. The predicted octanol–water partition coefficient (Wildman–Crippen LogP) is 5.41. The van der Waals surface area contributed by atoms with Gasteiger partial charge >= 0.3 is 6.18 Å². The van der Waals surface area contributed by atoms with E-state index < -0.39 is 24.2 Å². The van der Waals surface area contributed by atoms with E-state index in [9.17, 15) is 18.0 Å². The van der Waals surface area contributed by atoms with Crippen molar-refractivity contribution in [2.45, 2.75) is 38.5 Å². The number of alkyl halides is 3. The van der Waals surface area contributed by atoms with E-state index in [4.69, 9.17) is 0 Å². The second kappa shape index (κ2) is 7.51. The summed E-state index contributed by atoms with van der Waals surface area (Å²) in [6, 6.07) is 12.1. The van der Waals surface area contributed by atoms with Crippen LogP contribution in [0, 0.1) is 13.8 Å². The second-order valence-corrected chi connectivity index (χ2v) is 7.57. The van der Waals surface area contributed by atoms with Gasteiger partial charge in [-0.25, -0.2) is 4.68 Å². The average Bonchev–Trinajstić information content (AvgIpc) is 3.13. The lowest BCUT2D eigenvalue weighted by Gasteiger charge is -2.34. The van der Waals surface area contributed by atoms with Crippen molar-refractivity contribution in [2.75, 3.05) is 10.6 Å². The fourth-order valence-corrected chi connectivity index (χ4v) is 3.58. The third-order valence-electron chi connectivity index (χ3n) is 5.27. The number of carbonyl (C=O) groups is 1. The van der Waals surface area contributed by atoms with Crippen molar-refractivity contribution in [1.29, 1.82) is 0 Å². The maximum absolute atomic E-state index is 13.8. The van der Waals surface area contributed by atoms with Gasteiger partial charge in [-0.1, -0.05) is 47.5 Å². The molecule has 2 heterocycles. The molecule has 0 unspecified atom stereocenters. The van der Waals surface area contributed by atoms with Crippen LogP contribution in [0.2, 0.25) is 0 Å². The Kier molecular flexibility index (Phi) is 5.01. The maximum Gasteiger partial charge on any atom is 0.410 e. The van der Waals surface area contributed by atoms with Crippen LogP contribution in [0.15, 0.2) is 54.7 Å². The second-order valence-electron chi connectivity index (χ2n) is 7.57. The van der Waals surface area contributed by atoms with Gasteiger partial charge in [-0.15, -0.1) is 0 Å². The van der Waals surface area contributed by atoms with E-state index >= 15 is 0 Å². The zero-order valence-corrected chi connectivity index (χ0v) is 16.5. The maximum atomic E-state index is 13.8. The van der Waals surface area contributed by atoms with Gasteiger partial charge in [0, 0.05) is 12.1 Å². The van der Waals surface area contributed by atoms with Crippen LogP contribution >= 0.6 is 0 Å². The number of hydrogen-bond acceptors (Lipinski definition) is 3. The van der Waals surface area contributed by atoms with Crippen molar-refractivity contribution >= 4 is 17.4 Å². The van der Waals surface area contributed by atoms with Crippen molar-refractivity contribution in [3.05, 3.63) is 77.0 Å². The first-order chi connectivity index (χ1) is 14.2. The fraction of sp³-hybridized carbons (Fsp3) is 0.273. The van der Waals surface area contributed by atoms with Gasteiger partial charge in [0.25, 0.3) is 5.91 Å². The van der Waals surface area contributed by atoms with E-state index in [0.717, 1.165) is 21.4 Å². The number of aryl methyl sites for hydroxylation is 2. The molecule has 1 aromatic heterocycles. The van der Waals surface area contributed by atoms with Crippen LogP contribution in [-0.4, -0.2) is 21.9 Å². The molecule has 30 heavy (non-hydrogen) atoms. The predicted molar refractivity (Wildman–Crippen MR) is 109 cm³/mol. The van der Waals surface area contributed by atoms with Gasteiger partial charge in [0.05, 0.1) is 12.2 Å². The molecule has 156 valence electrons. The Labute approximate surface area is 171 Å². The molecular formula is C22H21F3N4O. The average molecular weight is 414 g/mol. The molecule has 2 aromatic carbocycles. The van der Waals surface area contributed by atoms with E-state index in [-0.39, 0.29) is 17.8 Å². The summed E-state index contributed by atoms with van der Waals surface area (Å²) >= 11 is 0. The molecule has 5 nitrogen and oxygen atoms in total. The van der Waals surface area contributed by atoms with Gasteiger partial charge in [0.15, 0.2) is 6.04 Å². The molecule has 2 N–H and O–H groups in total. The van der Waals surface area contributed by atoms with E-state index in [1.807, 2.05) is 38.1 Å². The summed E-state index contributed by atoms with van der Waals surface area (Å²) < 4.78 is 42.2. The normalized spacial score (nSPS) is 18.4. The highest BCUT2D eigenvalue weighted by Gasteiger charge is 2.47. The Balaban J connectivity index is 1.68. The Bertz CT molecular complexity index is 1060. The molecule has 0 saturated heterocycles. The quantitative estimate of drug-likeness (QED) is 0.602. The Morgan fingerprint density at radius 1 is 1.07 bits per heavy atom. The Hall–Kier alpha value is -3.29. The number of amides is 1. The molecule has 0 bridgehead atoms. The van der Waals surface area contributed by atoms with Crippen LogP contribution in [0.4, 0.5) is 24.7 Å². The van der Waals surface area contributed by atoms with Crippen molar-refractivity contribution in [2.24, 2.45) is 0 Å². The van der Waals surface area contributed by atoms with Crippen LogP contribution in [0.3, 0.4) is 0 Å². The molecule has 2 atom stereocenters. The first-order valence-electron chi connectivity index (χ1n) is 9.58. The largest absolute Gasteiger partial charge is 0.410 e. The van der Waals surface area contributed by atoms with Crippen LogP contribution in [0.25, 0.3) is 0 Å². The number of halogens is 3. The summed E-state index contributed by atoms with van der Waals surface area (Å²) in [7, 11) is 0. The Morgan fingerprint density at radius 3 is 2.27 bits per heavy atom. The molecule has 1 aliphatic rings. The van der Waals surface area contributed by atoms with Crippen LogP contribution in [0.5, 0.6) is 0 Å². The van der Waals surface area contributed by atoms with Crippen molar-refractivity contribution in [3.63, 3.8) is 0 Å². The molecule has 0 saturated carbocycles. The standard InChI is InChI=1S/C22H21F3N4O/c1-13-3-7-15(8-4-13)18-11-19(22(23,24)25)29-20(28-18)17(12-26-29)21(30)27-16-9-5-14(2)6-10-16/h3-10,12,18-19,28H,11H2,1-2H3,(H,27,30)/t18-,19-/m1/s1. The van der Waals surface area contributed by atoms with Gasteiger partial charge in [-0.05, 0) is 31.5 Å². The number of rotatable bonds is 3. The topological polar surface area (TPSA) is 59.0 Å². The summed E-state index contributed by atoms with van der Waals surface area (Å²) in [6.45, 7) is 3.84. The third kappa shape index (κ3) is 3.90. The number of nitrogens with zero attached hydrogens (tertiary/aromatic N) is 2.